The van der Waals surface area contributed by atoms with Crippen molar-refractivity contribution in [2.24, 2.45) is 17.2 Å². The van der Waals surface area contributed by atoms with E-state index in [1.165, 1.54) is 36.4 Å². The minimum absolute atomic E-state index is 0.0212. The summed E-state index contributed by atoms with van der Waals surface area (Å²) in [6, 6.07) is 34.6. The summed E-state index contributed by atoms with van der Waals surface area (Å²) in [4.78, 5) is 135. The molecule has 0 saturated carbocycles. The molecule has 3 aromatic heterocycles. The number of rotatable bonds is 33. The number of ketones is 3. The van der Waals surface area contributed by atoms with E-state index in [1.54, 1.807) is 172 Å². The van der Waals surface area contributed by atoms with Crippen LogP contribution in [0.2, 0.25) is 0 Å². The number of benzene rings is 6. The number of Topliss-reactive ketones (excluding diaryl/α,β-unsaturated/α-hetero) is 3. The molecule has 0 bridgehead atoms. The lowest BCUT2D eigenvalue weighted by Crippen LogP contribution is -2.58. The van der Waals surface area contributed by atoms with E-state index < -0.39 is 92.7 Å². The molecule has 6 aromatic carbocycles. The normalized spacial score (nSPS) is 13.5. The number of fused-ring (bicyclic) bond motifs is 3. The van der Waals surface area contributed by atoms with E-state index in [0.29, 0.717) is 85.4 Å². The van der Waals surface area contributed by atoms with E-state index in [9.17, 15) is 58.5 Å². The van der Waals surface area contributed by atoms with Crippen molar-refractivity contribution in [3.63, 3.8) is 0 Å². The zero-order valence-electron chi connectivity index (χ0n) is 63.0. The molecule has 27 heteroatoms. The number of anilines is 3. The van der Waals surface area contributed by atoms with E-state index in [0.717, 1.165) is 0 Å². The first-order chi connectivity index (χ1) is 51.4. The fourth-order valence-electron chi connectivity index (χ4n) is 12.8. The Morgan fingerprint density at radius 1 is 0.367 bits per heavy atom. The Kier molecular flexibility index (Phi) is 25.9. The van der Waals surface area contributed by atoms with E-state index in [-0.39, 0.29) is 112 Å². The minimum atomic E-state index is -2.10. The average Bonchev–Trinajstić information content (AvgIpc) is 1.76. The molecule has 3 heterocycles. The molecular weight excluding hydrogens is 1390 g/mol. The van der Waals surface area contributed by atoms with Gasteiger partial charge < -0.3 is 93.6 Å². The molecule has 3 atom stereocenters. The van der Waals surface area contributed by atoms with Gasteiger partial charge in [0.15, 0.2) is 34.0 Å². The first-order valence-corrected chi connectivity index (χ1v) is 36.4. The highest BCUT2D eigenvalue weighted by molar-refractivity contribution is 6.18. The summed E-state index contributed by atoms with van der Waals surface area (Å²) in [7, 11) is 0. The maximum Gasteiger partial charge on any atom is 0.407 e. The Labute approximate surface area is 631 Å². The van der Waals surface area contributed by atoms with Crippen LogP contribution in [0.5, 0.6) is 17.2 Å². The topological polar surface area (TPSA) is 440 Å². The molecule has 109 heavy (non-hydrogen) atoms. The van der Waals surface area contributed by atoms with Crippen molar-refractivity contribution in [2.75, 3.05) is 35.6 Å². The summed E-state index contributed by atoms with van der Waals surface area (Å²) in [5.41, 5.74) is 18.7. The third-order valence-electron chi connectivity index (χ3n) is 18.5. The van der Waals surface area contributed by atoms with Crippen LogP contribution >= 0.6 is 0 Å². The lowest BCUT2D eigenvalue weighted by molar-refractivity contribution is -0.134. The Morgan fingerprint density at radius 3 is 0.853 bits per heavy atom. The second-order valence-electron chi connectivity index (χ2n) is 30.7. The molecule has 578 valence electrons. The zero-order chi connectivity index (χ0) is 79.2. The molecule has 0 aliphatic heterocycles. The smallest absolute Gasteiger partial charge is 0.407 e. The monoisotopic (exact) mass is 1490 g/mol. The maximum absolute atomic E-state index is 14.7. The van der Waals surface area contributed by atoms with Crippen molar-refractivity contribution in [1.29, 1.82) is 0 Å². The van der Waals surface area contributed by atoms with Gasteiger partial charge in [-0.2, -0.15) is 0 Å². The number of hydrogen-bond acceptors (Lipinski definition) is 18. The highest BCUT2D eigenvalue weighted by Gasteiger charge is 2.44. The van der Waals surface area contributed by atoms with Gasteiger partial charge >= 0.3 is 18.3 Å². The maximum atomic E-state index is 14.7. The number of ether oxygens (including phenoxy) is 3. The number of amides is 6. The predicted molar refractivity (Wildman–Crippen MR) is 417 cm³/mol. The van der Waals surface area contributed by atoms with Crippen LogP contribution in [0, 0.1) is 0 Å². The van der Waals surface area contributed by atoms with Crippen molar-refractivity contribution in [3.05, 3.63) is 179 Å². The number of aromatic amines is 3. The van der Waals surface area contributed by atoms with E-state index in [2.05, 4.69) is 46.9 Å². The number of carbonyl (C=O) groups is 9. The number of nitrogens with one attached hydrogen (secondary N) is 9. The van der Waals surface area contributed by atoms with Crippen LogP contribution in [0.25, 0.3) is 32.7 Å². The van der Waals surface area contributed by atoms with E-state index in [4.69, 9.17) is 31.4 Å². The first kappa shape index (κ1) is 81.5. The first-order valence-electron chi connectivity index (χ1n) is 36.4. The summed E-state index contributed by atoms with van der Waals surface area (Å²) in [6.07, 6.45) is 3.61. The van der Waals surface area contributed by atoms with Gasteiger partial charge in [-0.25, -0.2) is 14.4 Å². The summed E-state index contributed by atoms with van der Waals surface area (Å²) in [5, 5.41) is 49.5. The summed E-state index contributed by atoms with van der Waals surface area (Å²) < 4.78 is 16.1. The van der Waals surface area contributed by atoms with Crippen LogP contribution in [0.15, 0.2) is 146 Å². The Bertz CT molecular complexity index is 4300. The SMILES string of the molecule is CC(C)(C)OC(=O)NCCCC[C@@](N)(C(=O)Cc1c[nH]c2ccc(O)cc12)C(=O)Nc1ccc(C(c2ccc(NC(=O)[C@@](N)(CCCCNC(=O)OC(C)(C)C)C(=O)Cc3c[nH]c4ccc(O)cc34)cc2)c2ccc(NC(=O)[C@@](N)(CCCCNC(=O)OC(C)(C)C)C(=O)Cc3c[nH]c4ccc(O)cc34)cc2)cc1. The fourth-order valence-corrected chi connectivity index (χ4v) is 12.8. The van der Waals surface area contributed by atoms with Crippen LogP contribution in [0.1, 0.15) is 159 Å². The van der Waals surface area contributed by atoms with Gasteiger partial charge in [-0.1, -0.05) is 36.4 Å². The largest absolute Gasteiger partial charge is 0.508 e. The number of phenols is 3. The number of aromatic nitrogens is 3. The number of phenolic OH excluding ortho intramolecular Hbond substituents is 3. The van der Waals surface area contributed by atoms with Crippen LogP contribution in [-0.4, -0.2) is 137 Å². The molecular formula is C82H100N12O15. The molecule has 27 nitrogen and oxygen atoms in total. The van der Waals surface area contributed by atoms with Gasteiger partial charge in [0, 0.05) is 113 Å². The molecule has 0 unspecified atom stereocenters. The molecule has 0 fully saturated rings. The van der Waals surface area contributed by atoms with Crippen LogP contribution in [-0.2, 0) is 62.2 Å². The molecule has 0 aliphatic rings. The van der Waals surface area contributed by atoms with Crippen molar-refractivity contribution in [1.82, 2.24) is 30.9 Å². The van der Waals surface area contributed by atoms with Gasteiger partial charge in [0.2, 0.25) is 0 Å². The summed E-state index contributed by atoms with van der Waals surface area (Å²) >= 11 is 0. The van der Waals surface area contributed by atoms with Gasteiger partial charge in [-0.05, 0) is 244 Å². The van der Waals surface area contributed by atoms with Crippen molar-refractivity contribution in [2.45, 2.75) is 179 Å². The summed E-state index contributed by atoms with van der Waals surface area (Å²) in [5.74, 6) is -4.91. The van der Waals surface area contributed by atoms with Gasteiger partial charge in [0.25, 0.3) is 17.7 Å². The third kappa shape index (κ3) is 21.8. The van der Waals surface area contributed by atoms with Gasteiger partial charge in [0.1, 0.15) is 34.1 Å². The zero-order valence-corrected chi connectivity index (χ0v) is 63.0. The molecule has 18 N–H and O–H groups in total. The molecule has 0 radical (unpaired) electrons. The number of carbonyl (C=O) groups excluding carboxylic acids is 9. The molecule has 0 aliphatic carbocycles. The molecule has 0 spiro atoms. The Morgan fingerprint density at radius 2 is 0.615 bits per heavy atom. The quantitative estimate of drug-likeness (QED) is 0.00786. The van der Waals surface area contributed by atoms with E-state index >= 15 is 0 Å². The van der Waals surface area contributed by atoms with Crippen molar-refractivity contribution < 1.29 is 72.7 Å². The second kappa shape index (κ2) is 34.6. The van der Waals surface area contributed by atoms with Crippen molar-refractivity contribution >= 4 is 103 Å². The average molecular weight is 1490 g/mol. The lowest BCUT2D eigenvalue weighted by Gasteiger charge is -2.28. The number of hydrogen-bond donors (Lipinski definition) is 15. The number of H-pyrrole nitrogens is 3. The van der Waals surface area contributed by atoms with Crippen molar-refractivity contribution in [3.8, 4) is 17.2 Å². The molecule has 9 rings (SSSR count). The van der Waals surface area contributed by atoms with Gasteiger partial charge in [0.05, 0.1) is 0 Å². The molecule has 0 saturated heterocycles. The fraction of sp³-hybridized carbons (Fsp3) is 0.378. The van der Waals surface area contributed by atoms with Crippen LogP contribution in [0.3, 0.4) is 0 Å². The predicted octanol–water partition coefficient (Wildman–Crippen LogP) is 11.9. The Hall–Kier alpha value is -11.6. The number of nitrogens with two attached hydrogens (primary N) is 3. The molecule has 6 amide bonds. The number of unbranched alkanes of at least 4 members (excludes halogenated alkanes) is 3. The number of alkyl carbamates (subject to hydrolysis) is 3. The van der Waals surface area contributed by atoms with E-state index in [1.807, 2.05) is 0 Å². The lowest BCUT2D eigenvalue weighted by atomic mass is 9.83. The van der Waals surface area contributed by atoms with Crippen LogP contribution < -0.4 is 49.1 Å². The standard InChI is InChI=1S/C82H100N12O15/c1-77(2,3)107-74(104)86-37-13-10-34-80(83,67(98)40-52-46-89-64-31-28-58(95)43-61(52)64)71(101)92-55-22-16-49(17-23-55)70(50-18-24-56(25-19-50)93-72(102)81(84,35-11-14-38-87-75(105)108-78(4,5)6)68(99)41-53-47-90-65-32-29-59(96)44-62(53)65)51-20-26-57(27-21-51)94-73(103)82(85,36-12-15-39-88-76(106)109-79(7,8)9)69(100)42-54-48-91-66-33-30-60(97)45-63(54)66/h16-33,43-48,70,89-91,95-97H,10-15,34-42,83-85H2,1-9H3,(H,86,104)(H,87,105)(H,88,106)(H,92,101)(H,93,102)(H,94,103)/t80-,81-,82-/m1/s1. The minimum Gasteiger partial charge on any atom is -0.508 e. The third-order valence-corrected chi connectivity index (χ3v) is 18.5. The number of aromatic hydroxyl groups is 3. The summed E-state index contributed by atoms with van der Waals surface area (Å²) in [6.45, 7) is 16.2. The van der Waals surface area contributed by atoms with Crippen LogP contribution in [0.4, 0.5) is 31.4 Å². The Balaban J connectivity index is 1.00. The van der Waals surface area contributed by atoms with Gasteiger partial charge in [-0.15, -0.1) is 0 Å². The highest BCUT2D eigenvalue weighted by Crippen LogP contribution is 2.36. The van der Waals surface area contributed by atoms with Gasteiger partial charge in [-0.3, -0.25) is 28.8 Å². The molecule has 9 aromatic rings. The highest BCUT2D eigenvalue weighted by atomic mass is 16.6. The second-order valence-corrected chi connectivity index (χ2v) is 30.7.